The summed E-state index contributed by atoms with van der Waals surface area (Å²) in [5.41, 5.74) is 4.03. The Hall–Kier alpha value is -1.46. The highest BCUT2D eigenvalue weighted by Gasteiger charge is 2.68. The van der Waals surface area contributed by atoms with Crippen molar-refractivity contribution in [2.75, 3.05) is 12.4 Å². The maximum absolute atomic E-state index is 13.6. The number of carbonyl (C=O) groups excluding carboxylic acids is 3. The first-order valence-electron chi connectivity index (χ1n) is 15.2. The van der Waals surface area contributed by atoms with E-state index in [1.165, 1.54) is 11.8 Å². The molecule has 0 spiro atoms. The van der Waals surface area contributed by atoms with Crippen molar-refractivity contribution >= 4 is 29.4 Å². The predicted octanol–water partition coefficient (Wildman–Crippen LogP) is 2.34. The van der Waals surface area contributed by atoms with Crippen LogP contribution in [0, 0.1) is 34.0 Å². The van der Waals surface area contributed by atoms with Gasteiger partial charge < -0.3 is 31.1 Å². The third-order valence-corrected chi connectivity index (χ3v) is 13.0. The fourth-order valence-electron chi connectivity index (χ4n) is 8.68. The van der Waals surface area contributed by atoms with E-state index in [2.05, 4.69) is 32.7 Å². The molecule has 9 nitrogen and oxygen atoms in total. The standard InChI is InChI=1S/C31H50N2O7S/c1-6-29(4)14-24(30(5)17(2)9-11-31(18(3)27(29)38)12-10-22(36)26(30)31)40-25(37)16-41-23-13-19(7-8-21(23)35)33-28(39)20(32)15-34/h6,17-21,23-24,26-27,34-35,38H,1,7-16,32H2,2-5H3,(H,33,39)/t17?,18-,19-,20+,21+,23-,24+,26-,27-,29+,30-,31?/m0/s1. The van der Waals surface area contributed by atoms with Gasteiger partial charge in [-0.15, -0.1) is 18.3 Å². The van der Waals surface area contributed by atoms with E-state index in [0.717, 1.165) is 19.3 Å². The highest BCUT2D eigenvalue weighted by molar-refractivity contribution is 8.00. The summed E-state index contributed by atoms with van der Waals surface area (Å²) in [5, 5.41) is 34.0. The SMILES string of the molecule is C=C[C@]1(C)C[C@@H](OC(=O)CS[C@H]2C[C@@H](NC(=O)[C@H](N)CO)CC[C@H]2O)[C@]2(C)C(C)CCC3(CCC(=O)[C@H]32)[C@@H](C)[C@@H]1O. The summed E-state index contributed by atoms with van der Waals surface area (Å²) < 4.78 is 6.32. The number of carbonyl (C=O) groups is 3. The van der Waals surface area contributed by atoms with Crippen molar-refractivity contribution < 1.29 is 34.4 Å². The number of amides is 1. The van der Waals surface area contributed by atoms with Gasteiger partial charge in [-0.1, -0.05) is 33.8 Å². The van der Waals surface area contributed by atoms with E-state index in [4.69, 9.17) is 15.6 Å². The lowest BCUT2D eigenvalue weighted by Gasteiger charge is -2.61. The molecule has 4 aliphatic carbocycles. The minimum atomic E-state index is -0.997. The zero-order valence-corrected chi connectivity index (χ0v) is 25.8. The van der Waals surface area contributed by atoms with Gasteiger partial charge in [0.05, 0.1) is 24.6 Å². The summed E-state index contributed by atoms with van der Waals surface area (Å²) in [5.74, 6) is -0.824. The van der Waals surface area contributed by atoms with Crippen LogP contribution in [-0.2, 0) is 19.1 Å². The lowest BCUT2D eigenvalue weighted by Crippen LogP contribution is -2.63. The van der Waals surface area contributed by atoms with Gasteiger partial charge in [-0.25, -0.2) is 0 Å². The maximum Gasteiger partial charge on any atom is 0.316 e. The Balaban J connectivity index is 1.52. The van der Waals surface area contributed by atoms with Crippen LogP contribution in [0.15, 0.2) is 12.7 Å². The molecule has 0 heterocycles. The third kappa shape index (κ3) is 5.76. The Morgan fingerprint density at radius 2 is 1.93 bits per heavy atom. The van der Waals surface area contributed by atoms with E-state index in [-0.39, 0.29) is 46.0 Å². The van der Waals surface area contributed by atoms with Gasteiger partial charge in [0.15, 0.2) is 0 Å². The molecule has 232 valence electrons. The molecule has 2 bridgehead atoms. The lowest BCUT2D eigenvalue weighted by molar-refractivity contribution is -0.205. The van der Waals surface area contributed by atoms with E-state index < -0.39 is 53.7 Å². The molecular weight excluding hydrogens is 544 g/mol. The van der Waals surface area contributed by atoms with Crippen LogP contribution >= 0.6 is 11.8 Å². The molecule has 0 aromatic heterocycles. The molecule has 2 unspecified atom stereocenters. The van der Waals surface area contributed by atoms with Crippen molar-refractivity contribution in [2.24, 2.45) is 39.7 Å². The number of hydrogen-bond donors (Lipinski definition) is 5. The van der Waals surface area contributed by atoms with Crippen LogP contribution in [0.5, 0.6) is 0 Å². The number of Topliss-reactive ketones (excluding diaryl/α,β-unsaturated/α-hetero) is 1. The first-order chi connectivity index (χ1) is 19.2. The van der Waals surface area contributed by atoms with Crippen LogP contribution < -0.4 is 11.1 Å². The average Bonchev–Trinajstić information content (AvgIpc) is 3.31. The fourth-order valence-corrected chi connectivity index (χ4v) is 9.83. The number of aliphatic hydroxyl groups excluding tert-OH is 3. The van der Waals surface area contributed by atoms with E-state index in [9.17, 15) is 24.6 Å². The second-order valence-electron chi connectivity index (χ2n) is 13.8. The number of hydrogen-bond acceptors (Lipinski definition) is 9. The lowest BCUT2D eigenvalue weighted by atomic mass is 9.44. The Bertz CT molecular complexity index is 1030. The summed E-state index contributed by atoms with van der Waals surface area (Å²) in [6, 6.07) is -1.20. The van der Waals surface area contributed by atoms with Gasteiger partial charge >= 0.3 is 5.97 Å². The number of nitrogens with one attached hydrogen (secondary N) is 1. The summed E-state index contributed by atoms with van der Waals surface area (Å²) in [6.45, 7) is 12.0. The summed E-state index contributed by atoms with van der Waals surface area (Å²) in [4.78, 5) is 39.2. The summed E-state index contributed by atoms with van der Waals surface area (Å²) in [7, 11) is 0. The van der Waals surface area contributed by atoms with Crippen molar-refractivity contribution in [3.8, 4) is 0 Å². The van der Waals surface area contributed by atoms with Gasteiger partial charge in [0, 0.05) is 34.5 Å². The van der Waals surface area contributed by atoms with Crippen molar-refractivity contribution in [2.45, 2.75) is 115 Å². The van der Waals surface area contributed by atoms with Crippen molar-refractivity contribution in [3.63, 3.8) is 0 Å². The Morgan fingerprint density at radius 3 is 2.59 bits per heavy atom. The topological polar surface area (TPSA) is 159 Å². The first-order valence-corrected chi connectivity index (χ1v) is 16.3. The second-order valence-corrected chi connectivity index (χ2v) is 15.0. The molecule has 6 N–H and O–H groups in total. The van der Waals surface area contributed by atoms with E-state index >= 15 is 0 Å². The molecule has 4 saturated carbocycles. The van der Waals surface area contributed by atoms with Crippen molar-refractivity contribution in [1.29, 1.82) is 0 Å². The Morgan fingerprint density at radius 1 is 1.22 bits per heavy atom. The molecule has 1 amide bonds. The molecule has 4 aliphatic rings. The number of aliphatic hydroxyl groups is 3. The molecule has 4 rings (SSSR count). The van der Waals surface area contributed by atoms with Gasteiger partial charge in [-0.3, -0.25) is 14.4 Å². The van der Waals surface area contributed by atoms with Gasteiger partial charge in [0.2, 0.25) is 5.91 Å². The average molecular weight is 595 g/mol. The van der Waals surface area contributed by atoms with Crippen LogP contribution in [0.3, 0.4) is 0 Å². The van der Waals surface area contributed by atoms with Crippen molar-refractivity contribution in [1.82, 2.24) is 5.32 Å². The van der Waals surface area contributed by atoms with Crippen LogP contribution in [0.2, 0.25) is 0 Å². The zero-order valence-electron chi connectivity index (χ0n) is 25.0. The molecular formula is C31H50N2O7S. The largest absolute Gasteiger partial charge is 0.461 e. The van der Waals surface area contributed by atoms with Crippen LogP contribution in [0.4, 0.5) is 0 Å². The number of nitrogens with two attached hydrogens (primary N) is 1. The highest BCUT2D eigenvalue weighted by atomic mass is 32.2. The zero-order chi connectivity index (χ0) is 30.3. The molecule has 0 radical (unpaired) electrons. The predicted molar refractivity (Wildman–Crippen MR) is 158 cm³/mol. The van der Waals surface area contributed by atoms with Gasteiger partial charge in [0.1, 0.15) is 17.9 Å². The second kappa shape index (κ2) is 12.3. The normalized spacial score (nSPS) is 45.1. The summed E-state index contributed by atoms with van der Waals surface area (Å²) in [6.07, 6.45) is 4.81. The smallest absolute Gasteiger partial charge is 0.316 e. The fraction of sp³-hybridized carbons (Fsp3) is 0.839. The first kappa shape index (κ1) is 32.5. The van der Waals surface area contributed by atoms with Gasteiger partial charge in [-0.2, -0.15) is 0 Å². The molecule has 0 aromatic rings. The van der Waals surface area contributed by atoms with Crippen LogP contribution in [-0.4, -0.2) is 81.0 Å². The minimum Gasteiger partial charge on any atom is -0.461 e. The number of ether oxygens (including phenoxy) is 1. The number of ketones is 1. The number of thioether (sulfide) groups is 1. The Labute approximate surface area is 248 Å². The number of esters is 1. The molecule has 10 heteroatoms. The maximum atomic E-state index is 13.6. The molecule has 4 fully saturated rings. The van der Waals surface area contributed by atoms with Crippen LogP contribution in [0.1, 0.15) is 79.1 Å². The van der Waals surface area contributed by atoms with Crippen LogP contribution in [0.25, 0.3) is 0 Å². The molecule has 0 saturated heterocycles. The van der Waals surface area contributed by atoms with Crippen molar-refractivity contribution in [3.05, 3.63) is 12.7 Å². The highest BCUT2D eigenvalue weighted by Crippen LogP contribution is 2.68. The molecule has 41 heavy (non-hydrogen) atoms. The molecule has 0 aliphatic heterocycles. The minimum absolute atomic E-state index is 0.0209. The molecule has 12 atom stereocenters. The monoisotopic (exact) mass is 594 g/mol. The molecule has 0 aromatic carbocycles. The quantitative estimate of drug-likeness (QED) is 0.210. The van der Waals surface area contributed by atoms with E-state index in [1.807, 2.05) is 6.92 Å². The van der Waals surface area contributed by atoms with Gasteiger partial charge in [-0.05, 0) is 62.2 Å². The summed E-state index contributed by atoms with van der Waals surface area (Å²) >= 11 is 1.31. The van der Waals surface area contributed by atoms with Gasteiger partial charge in [0.25, 0.3) is 0 Å². The number of rotatable bonds is 8. The Kier molecular flexibility index (Phi) is 9.71. The van der Waals surface area contributed by atoms with E-state index in [1.54, 1.807) is 6.08 Å². The third-order valence-electron chi connectivity index (χ3n) is 11.6. The van der Waals surface area contributed by atoms with E-state index in [0.29, 0.717) is 32.1 Å².